The number of thiophene rings is 1. The summed E-state index contributed by atoms with van der Waals surface area (Å²) in [5.41, 5.74) is 0.757. The van der Waals surface area contributed by atoms with Crippen molar-refractivity contribution in [1.82, 2.24) is 4.90 Å². The minimum Gasteiger partial charge on any atom is -0.444 e. The fourth-order valence-electron chi connectivity index (χ4n) is 2.40. The van der Waals surface area contributed by atoms with E-state index < -0.39 is 13.9 Å². The number of hydrogen-bond donors (Lipinski definition) is 0. The number of fused-ring (bicyclic) bond motifs is 1. The third kappa shape index (κ3) is 4.40. The van der Waals surface area contributed by atoms with Crippen LogP contribution in [0.4, 0.5) is 4.79 Å². The molecule has 0 saturated carbocycles. The van der Waals surface area contributed by atoms with E-state index in [0.29, 0.717) is 13.1 Å². The van der Waals surface area contributed by atoms with Crippen molar-refractivity contribution >= 4 is 25.7 Å². The summed E-state index contributed by atoms with van der Waals surface area (Å²) >= 11 is 1.69. The summed E-state index contributed by atoms with van der Waals surface area (Å²) in [7, 11) is -1.92. The van der Waals surface area contributed by atoms with Crippen LogP contribution in [0.5, 0.6) is 0 Å². The van der Waals surface area contributed by atoms with Gasteiger partial charge in [0.15, 0.2) is 8.32 Å². The summed E-state index contributed by atoms with van der Waals surface area (Å²) in [6, 6.07) is 2.14. The largest absolute Gasteiger partial charge is 0.444 e. The quantitative estimate of drug-likeness (QED) is 0.640. The molecular weight excluding hydrogens is 338 g/mol. The van der Waals surface area contributed by atoms with Crippen LogP contribution < -0.4 is 0 Å². The average molecular weight is 370 g/mol. The first-order chi connectivity index (χ1) is 10.8. The van der Waals surface area contributed by atoms with Gasteiger partial charge >= 0.3 is 6.09 Å². The van der Waals surface area contributed by atoms with Crippen LogP contribution >= 0.6 is 11.3 Å². The molecule has 1 aromatic rings. The summed E-state index contributed by atoms with van der Waals surface area (Å²) in [6.07, 6.45) is -0.321. The van der Waals surface area contributed by atoms with E-state index in [1.807, 2.05) is 20.8 Å². The molecule has 1 atom stereocenters. The summed E-state index contributed by atoms with van der Waals surface area (Å²) < 4.78 is 12.2. The van der Waals surface area contributed by atoms with Crippen LogP contribution in [-0.4, -0.2) is 31.5 Å². The fraction of sp³-hybridized carbons (Fsp3) is 0.722. The van der Waals surface area contributed by atoms with Gasteiger partial charge < -0.3 is 14.1 Å². The molecule has 0 N–H and O–H groups in total. The van der Waals surface area contributed by atoms with Crippen molar-refractivity contribution in [3.8, 4) is 0 Å². The SMILES string of the molecule is CC(C)(C)OC(=O)N1Cc2sccc2C(O[Si](C)(C)C(C)(C)C)C1. The fourth-order valence-corrected chi connectivity index (χ4v) is 4.61. The Bertz CT molecular complexity index is 598. The predicted octanol–water partition coefficient (Wildman–Crippen LogP) is 5.56. The van der Waals surface area contributed by atoms with Crippen LogP contribution in [0.2, 0.25) is 18.1 Å². The maximum atomic E-state index is 12.5. The number of nitrogens with zero attached hydrogens (tertiary/aromatic N) is 1. The highest BCUT2D eigenvalue weighted by molar-refractivity contribution is 7.10. The third-order valence-electron chi connectivity index (χ3n) is 4.74. The van der Waals surface area contributed by atoms with Gasteiger partial charge in [0.2, 0.25) is 0 Å². The Morgan fingerprint density at radius 3 is 2.42 bits per heavy atom. The molecule has 1 aromatic heterocycles. The molecule has 0 bridgehead atoms. The monoisotopic (exact) mass is 369 g/mol. The zero-order chi connectivity index (χ0) is 18.3. The highest BCUT2D eigenvalue weighted by Gasteiger charge is 2.42. The minimum absolute atomic E-state index is 0.0617. The number of amides is 1. The van der Waals surface area contributed by atoms with Gasteiger partial charge in [0.05, 0.1) is 19.2 Å². The first kappa shape index (κ1) is 19.5. The first-order valence-electron chi connectivity index (χ1n) is 8.52. The Morgan fingerprint density at radius 1 is 1.25 bits per heavy atom. The van der Waals surface area contributed by atoms with Gasteiger partial charge in [0.1, 0.15) is 5.60 Å². The molecule has 0 radical (unpaired) electrons. The summed E-state index contributed by atoms with van der Waals surface area (Å²) in [6.45, 7) is 18.1. The lowest BCUT2D eigenvalue weighted by Gasteiger charge is -2.42. The second kappa shape index (κ2) is 6.46. The van der Waals surface area contributed by atoms with Crippen molar-refractivity contribution in [3.63, 3.8) is 0 Å². The maximum absolute atomic E-state index is 12.5. The van der Waals surface area contributed by atoms with E-state index in [-0.39, 0.29) is 17.2 Å². The van der Waals surface area contributed by atoms with Gasteiger partial charge in [-0.2, -0.15) is 0 Å². The molecule has 24 heavy (non-hydrogen) atoms. The van der Waals surface area contributed by atoms with Crippen LogP contribution in [0.3, 0.4) is 0 Å². The molecule has 0 aliphatic carbocycles. The van der Waals surface area contributed by atoms with Crippen LogP contribution in [0.25, 0.3) is 0 Å². The van der Waals surface area contributed by atoms with Crippen molar-refractivity contribution in [1.29, 1.82) is 0 Å². The van der Waals surface area contributed by atoms with Gasteiger partial charge in [0.25, 0.3) is 0 Å². The number of carbonyl (C=O) groups excluding carboxylic acids is 1. The molecule has 0 spiro atoms. The number of rotatable bonds is 2. The Labute approximate surface area is 151 Å². The second-order valence-electron chi connectivity index (χ2n) is 9.03. The van der Waals surface area contributed by atoms with Crippen molar-refractivity contribution in [3.05, 3.63) is 21.9 Å². The Hall–Kier alpha value is -0.853. The zero-order valence-electron chi connectivity index (χ0n) is 16.2. The molecule has 136 valence electrons. The van der Waals surface area contributed by atoms with Crippen LogP contribution in [0, 0.1) is 0 Å². The minimum atomic E-state index is -1.92. The summed E-state index contributed by atoms with van der Waals surface area (Å²) in [4.78, 5) is 15.5. The normalized spacial score (nSPS) is 19.2. The smallest absolute Gasteiger partial charge is 0.410 e. The number of carbonyl (C=O) groups is 1. The Balaban J connectivity index is 2.22. The molecule has 0 fully saturated rings. The maximum Gasteiger partial charge on any atom is 0.410 e. The van der Waals surface area contributed by atoms with Crippen LogP contribution in [0.15, 0.2) is 11.4 Å². The summed E-state index contributed by atoms with van der Waals surface area (Å²) in [5, 5.41) is 2.22. The van der Waals surface area contributed by atoms with Gasteiger partial charge in [-0.15, -0.1) is 11.3 Å². The third-order valence-corrected chi connectivity index (χ3v) is 10.1. The highest BCUT2D eigenvalue weighted by atomic mass is 32.1. The van der Waals surface area contributed by atoms with Crippen LogP contribution in [-0.2, 0) is 15.7 Å². The molecule has 0 aromatic carbocycles. The van der Waals surface area contributed by atoms with Gasteiger partial charge in [-0.3, -0.25) is 0 Å². The zero-order valence-corrected chi connectivity index (χ0v) is 18.0. The molecule has 0 saturated heterocycles. The lowest BCUT2D eigenvalue weighted by molar-refractivity contribution is 0.0103. The van der Waals surface area contributed by atoms with Crippen molar-refractivity contribution in [2.24, 2.45) is 0 Å². The van der Waals surface area contributed by atoms with E-state index in [2.05, 4.69) is 45.3 Å². The molecule has 1 amide bonds. The van der Waals surface area contributed by atoms with E-state index in [9.17, 15) is 4.79 Å². The molecule has 6 heteroatoms. The topological polar surface area (TPSA) is 38.8 Å². The molecule has 2 rings (SSSR count). The molecular formula is C18H31NO3SSi. The highest BCUT2D eigenvalue weighted by Crippen LogP contribution is 2.42. The Morgan fingerprint density at radius 2 is 1.88 bits per heavy atom. The predicted molar refractivity (Wildman–Crippen MR) is 102 cm³/mol. The molecule has 4 nitrogen and oxygen atoms in total. The molecule has 2 heterocycles. The van der Waals surface area contributed by atoms with Gasteiger partial charge in [-0.25, -0.2) is 4.79 Å². The molecule has 1 aliphatic rings. The standard InChI is InChI=1S/C18H31NO3SSi/c1-17(2,3)21-16(20)19-11-14(13-9-10-23-15(13)12-19)22-24(7,8)18(4,5)6/h9-10,14H,11-12H2,1-8H3. The van der Waals surface area contributed by atoms with E-state index in [1.54, 1.807) is 16.2 Å². The van der Waals surface area contributed by atoms with Gasteiger partial charge in [-0.1, -0.05) is 20.8 Å². The van der Waals surface area contributed by atoms with Crippen LogP contribution in [0.1, 0.15) is 58.1 Å². The van der Waals surface area contributed by atoms with E-state index in [1.165, 1.54) is 10.4 Å². The number of ether oxygens (including phenoxy) is 1. The van der Waals surface area contributed by atoms with Crippen molar-refractivity contribution in [2.75, 3.05) is 6.54 Å². The first-order valence-corrected chi connectivity index (χ1v) is 12.3. The Kier molecular flexibility index (Phi) is 5.24. The van der Waals surface area contributed by atoms with E-state index >= 15 is 0 Å². The number of hydrogen-bond acceptors (Lipinski definition) is 4. The molecule has 1 unspecified atom stereocenters. The second-order valence-corrected chi connectivity index (χ2v) is 14.8. The van der Waals surface area contributed by atoms with Gasteiger partial charge in [-0.05, 0) is 55.9 Å². The molecule has 1 aliphatic heterocycles. The van der Waals surface area contributed by atoms with E-state index in [0.717, 1.165) is 0 Å². The lowest BCUT2D eigenvalue weighted by Crippen LogP contribution is -2.47. The van der Waals surface area contributed by atoms with Crippen molar-refractivity contribution in [2.45, 2.75) is 77.9 Å². The summed E-state index contributed by atoms with van der Waals surface area (Å²) in [5.74, 6) is 0. The van der Waals surface area contributed by atoms with Gasteiger partial charge in [0, 0.05) is 4.88 Å². The average Bonchev–Trinajstić information content (AvgIpc) is 2.83. The van der Waals surface area contributed by atoms with Crippen molar-refractivity contribution < 1.29 is 14.0 Å². The van der Waals surface area contributed by atoms with E-state index in [4.69, 9.17) is 9.16 Å². The lowest BCUT2D eigenvalue weighted by atomic mass is 10.1.